The summed E-state index contributed by atoms with van der Waals surface area (Å²) < 4.78 is 0. The highest BCUT2D eigenvalue weighted by Crippen LogP contribution is 2.14. The van der Waals surface area contributed by atoms with Crippen LogP contribution < -0.4 is 10.6 Å². The van der Waals surface area contributed by atoms with E-state index in [0.29, 0.717) is 11.5 Å². The smallest absolute Gasteiger partial charge is 0.268 e. The van der Waals surface area contributed by atoms with Crippen LogP contribution in [-0.4, -0.2) is 47.0 Å². The van der Waals surface area contributed by atoms with Crippen molar-refractivity contribution in [3.8, 4) is 6.07 Å². The summed E-state index contributed by atoms with van der Waals surface area (Å²) in [5.74, 6) is -0.0941. The van der Waals surface area contributed by atoms with Gasteiger partial charge in [-0.05, 0) is 17.7 Å². The number of primary amides is 1. The lowest BCUT2D eigenvalue weighted by Gasteiger charge is -2.34. The average molecular weight is 321 g/mol. The highest BCUT2D eigenvalue weighted by Gasteiger charge is 2.20. The minimum absolute atomic E-state index is 0.107. The Hall–Kier alpha value is -2.98. The second-order valence-electron chi connectivity index (χ2n) is 5.60. The molecular weight excluding hydrogens is 304 g/mol. The van der Waals surface area contributed by atoms with E-state index in [4.69, 9.17) is 11.0 Å². The first-order valence-electron chi connectivity index (χ1n) is 7.66. The van der Waals surface area contributed by atoms with Gasteiger partial charge in [0, 0.05) is 45.0 Å². The van der Waals surface area contributed by atoms with Gasteiger partial charge in [0.1, 0.15) is 5.69 Å². The van der Waals surface area contributed by atoms with Crippen LogP contribution in [0.15, 0.2) is 30.5 Å². The zero-order valence-corrected chi connectivity index (χ0v) is 13.1. The highest BCUT2D eigenvalue weighted by molar-refractivity contribution is 5.90. The molecule has 0 spiro atoms. The monoisotopic (exact) mass is 321 g/mol. The third kappa shape index (κ3) is 3.67. The van der Waals surface area contributed by atoms with E-state index in [9.17, 15) is 4.79 Å². The first-order chi connectivity index (χ1) is 11.7. The van der Waals surface area contributed by atoms with E-state index in [1.165, 1.54) is 6.20 Å². The summed E-state index contributed by atoms with van der Waals surface area (Å²) in [5, 5.41) is 8.97. The van der Waals surface area contributed by atoms with Crippen LogP contribution in [0.5, 0.6) is 0 Å². The number of nitrogens with zero attached hydrogens (tertiary/aromatic N) is 5. The number of rotatable bonds is 4. The van der Waals surface area contributed by atoms with Gasteiger partial charge in [-0.3, -0.25) is 9.69 Å². The van der Waals surface area contributed by atoms with Gasteiger partial charge < -0.3 is 10.6 Å². The molecule has 2 N–H and O–H groups in total. The van der Waals surface area contributed by atoms with Crippen molar-refractivity contribution < 1.29 is 4.79 Å². The van der Waals surface area contributed by atoms with E-state index in [2.05, 4.69) is 27.0 Å². The van der Waals surface area contributed by atoms with Crippen molar-refractivity contribution in [3.05, 3.63) is 53.3 Å². The maximum absolute atomic E-state index is 11.2. The van der Waals surface area contributed by atoms with Crippen molar-refractivity contribution in [2.45, 2.75) is 6.54 Å². The van der Waals surface area contributed by atoms with Crippen LogP contribution in [0.25, 0.3) is 0 Å². The number of nitrogens with two attached hydrogens (primary N) is 1. The van der Waals surface area contributed by atoms with Gasteiger partial charge in [0.2, 0.25) is 5.95 Å². The number of aromatic nitrogens is 2. The number of carbonyl (C=O) groups is 1. The number of nitriles is 1. The fourth-order valence-electron chi connectivity index (χ4n) is 2.69. The number of hydrogen-bond donors (Lipinski definition) is 1. The number of carbonyl (C=O) groups excluding carboxylic acids is 1. The quantitative estimate of drug-likeness (QED) is 0.884. The van der Waals surface area contributed by atoms with Gasteiger partial charge in [-0.1, -0.05) is 12.1 Å². The molecule has 2 aromatic rings. The Morgan fingerprint density at radius 3 is 2.83 bits per heavy atom. The molecule has 3 rings (SSSR count). The molecule has 0 saturated carbocycles. The van der Waals surface area contributed by atoms with Crippen LogP contribution in [0, 0.1) is 17.4 Å². The molecule has 1 aromatic carbocycles. The van der Waals surface area contributed by atoms with Crippen molar-refractivity contribution >= 4 is 11.9 Å². The summed E-state index contributed by atoms with van der Waals surface area (Å²) in [6.45, 7) is 4.04. The fourth-order valence-corrected chi connectivity index (χ4v) is 2.69. The van der Waals surface area contributed by atoms with Gasteiger partial charge >= 0.3 is 0 Å². The minimum Gasteiger partial charge on any atom is -0.364 e. The molecular formula is C17H17N6O. The maximum Gasteiger partial charge on any atom is 0.268 e. The summed E-state index contributed by atoms with van der Waals surface area (Å²) >= 11 is 0. The van der Waals surface area contributed by atoms with Crippen molar-refractivity contribution in [1.29, 1.82) is 5.26 Å². The Morgan fingerprint density at radius 2 is 2.12 bits per heavy atom. The van der Waals surface area contributed by atoms with E-state index in [1.807, 2.05) is 29.2 Å². The Bertz CT molecular complexity index is 777. The Labute approximate surface area is 140 Å². The van der Waals surface area contributed by atoms with Crippen molar-refractivity contribution in [2.24, 2.45) is 5.73 Å². The van der Waals surface area contributed by atoms with E-state index in [0.717, 1.165) is 38.3 Å². The summed E-state index contributed by atoms with van der Waals surface area (Å²) in [6, 6.07) is 12.5. The van der Waals surface area contributed by atoms with Gasteiger partial charge in [-0.15, -0.1) is 0 Å². The summed E-state index contributed by atoms with van der Waals surface area (Å²) in [6.07, 6.45) is 1.43. The molecule has 0 unspecified atom stereocenters. The molecule has 1 saturated heterocycles. The third-order valence-corrected chi connectivity index (χ3v) is 3.94. The van der Waals surface area contributed by atoms with Crippen LogP contribution in [0.1, 0.15) is 21.6 Å². The number of piperazine rings is 1. The molecule has 1 aromatic heterocycles. The van der Waals surface area contributed by atoms with E-state index in [1.54, 1.807) is 0 Å². The molecule has 1 radical (unpaired) electrons. The molecule has 0 bridgehead atoms. The summed E-state index contributed by atoms with van der Waals surface area (Å²) in [5.41, 5.74) is 7.15. The Kier molecular flexibility index (Phi) is 4.68. The Morgan fingerprint density at radius 1 is 1.33 bits per heavy atom. The van der Waals surface area contributed by atoms with Gasteiger partial charge in [0.25, 0.3) is 5.91 Å². The average Bonchev–Trinajstić information content (AvgIpc) is 2.62. The molecule has 1 amide bonds. The fraction of sp³-hybridized carbons (Fsp3) is 0.294. The zero-order valence-electron chi connectivity index (χ0n) is 13.1. The standard InChI is InChI=1S/C17H17N6O/c18-11-13-2-1-3-14(10-13)12-22-6-8-23(9-7-22)17-20-5-4-15(21-17)16(19)24/h1-3,5,10H,6-9,12H2,(H2,19,24). The molecule has 1 aliphatic rings. The highest BCUT2D eigenvalue weighted by atomic mass is 16.1. The largest absolute Gasteiger partial charge is 0.364 e. The second kappa shape index (κ2) is 7.06. The number of amides is 1. The molecule has 2 heterocycles. The molecule has 121 valence electrons. The third-order valence-electron chi connectivity index (χ3n) is 3.94. The summed E-state index contributed by atoms with van der Waals surface area (Å²) in [7, 11) is 0. The van der Waals surface area contributed by atoms with Crippen LogP contribution in [-0.2, 0) is 6.54 Å². The lowest BCUT2D eigenvalue weighted by molar-refractivity contribution is 0.0995. The second-order valence-corrected chi connectivity index (χ2v) is 5.60. The Balaban J connectivity index is 1.60. The van der Waals surface area contributed by atoms with E-state index < -0.39 is 5.91 Å². The minimum atomic E-state index is -0.602. The molecule has 0 aliphatic carbocycles. The first kappa shape index (κ1) is 15.9. The first-order valence-corrected chi connectivity index (χ1v) is 7.66. The van der Waals surface area contributed by atoms with E-state index >= 15 is 0 Å². The van der Waals surface area contributed by atoms with Crippen molar-refractivity contribution in [3.63, 3.8) is 0 Å². The van der Waals surface area contributed by atoms with Crippen LogP contribution in [0.2, 0.25) is 0 Å². The summed E-state index contributed by atoms with van der Waals surface area (Å²) in [4.78, 5) is 23.9. The normalized spacial score (nSPS) is 15.0. The molecule has 7 nitrogen and oxygen atoms in total. The van der Waals surface area contributed by atoms with Gasteiger partial charge in [0.15, 0.2) is 0 Å². The van der Waals surface area contributed by atoms with Crippen LogP contribution in [0.4, 0.5) is 5.95 Å². The topological polar surface area (TPSA) is 99.1 Å². The zero-order chi connectivity index (χ0) is 16.9. The lowest BCUT2D eigenvalue weighted by Crippen LogP contribution is -2.46. The molecule has 1 fully saturated rings. The predicted octanol–water partition coefficient (Wildman–Crippen LogP) is 0.570. The van der Waals surface area contributed by atoms with Gasteiger partial charge in [0.05, 0.1) is 11.6 Å². The number of hydrogen-bond acceptors (Lipinski definition) is 6. The van der Waals surface area contributed by atoms with Crippen LogP contribution in [0.3, 0.4) is 0 Å². The predicted molar refractivity (Wildman–Crippen MR) is 88.0 cm³/mol. The van der Waals surface area contributed by atoms with Gasteiger partial charge in [-0.25, -0.2) is 9.97 Å². The molecule has 1 aliphatic heterocycles. The molecule has 0 atom stereocenters. The van der Waals surface area contributed by atoms with Crippen LogP contribution >= 0.6 is 0 Å². The molecule has 7 heteroatoms. The number of benzene rings is 1. The maximum atomic E-state index is 11.2. The SMILES string of the molecule is N#Cc1cccc(CN2CCN(c3nc[c]c(C(N)=O)n3)CC2)c1. The van der Waals surface area contributed by atoms with Gasteiger partial charge in [-0.2, -0.15) is 5.26 Å². The lowest BCUT2D eigenvalue weighted by atomic mass is 10.1. The number of anilines is 1. The van der Waals surface area contributed by atoms with Crippen molar-refractivity contribution in [2.75, 3.05) is 31.1 Å². The van der Waals surface area contributed by atoms with E-state index in [-0.39, 0.29) is 5.69 Å². The molecule has 24 heavy (non-hydrogen) atoms. The van der Waals surface area contributed by atoms with Crippen molar-refractivity contribution in [1.82, 2.24) is 14.9 Å².